The van der Waals surface area contributed by atoms with Gasteiger partial charge in [-0.3, -0.25) is 14.4 Å². The summed E-state index contributed by atoms with van der Waals surface area (Å²) in [6.45, 7) is -0.277. The number of primary amides is 1. The van der Waals surface area contributed by atoms with Crippen molar-refractivity contribution < 1.29 is 19.1 Å². The maximum Gasteiger partial charge on any atom is 0.292 e. The van der Waals surface area contributed by atoms with Crippen LogP contribution in [-0.2, 0) is 11.8 Å². The van der Waals surface area contributed by atoms with E-state index in [-0.39, 0.29) is 17.9 Å². The summed E-state index contributed by atoms with van der Waals surface area (Å²) < 4.78 is 11.6. The smallest absolute Gasteiger partial charge is 0.292 e. The normalized spacial score (nSPS) is 10.9. The molecular formula is C20H19N5O5. The summed E-state index contributed by atoms with van der Waals surface area (Å²) in [6, 6.07) is 11.6. The lowest BCUT2D eigenvalue weighted by Gasteiger charge is -2.09. The van der Waals surface area contributed by atoms with Crippen molar-refractivity contribution in [3.05, 3.63) is 64.1 Å². The molecule has 3 rings (SSSR count). The number of fused-ring (bicyclic) bond motifs is 1. The Kier molecular flexibility index (Phi) is 6.06. The van der Waals surface area contributed by atoms with E-state index < -0.39 is 11.8 Å². The molecule has 0 fully saturated rings. The third-order valence-corrected chi connectivity index (χ3v) is 4.11. The highest BCUT2D eigenvalue weighted by atomic mass is 16.5. The van der Waals surface area contributed by atoms with Gasteiger partial charge in [-0.25, -0.2) is 10.1 Å². The van der Waals surface area contributed by atoms with Gasteiger partial charge in [-0.1, -0.05) is 18.2 Å². The SMILES string of the molecule is COc1cc(/C=N\NC(=O)c2nn(C)c(=O)c3ccccc23)ccc1OCC(N)=O. The molecule has 10 nitrogen and oxygen atoms in total. The van der Waals surface area contributed by atoms with Crippen molar-refractivity contribution in [3.63, 3.8) is 0 Å². The minimum absolute atomic E-state index is 0.0811. The molecule has 30 heavy (non-hydrogen) atoms. The maximum absolute atomic E-state index is 12.5. The number of rotatable bonds is 7. The molecular weight excluding hydrogens is 390 g/mol. The molecule has 3 N–H and O–H groups in total. The number of benzene rings is 2. The summed E-state index contributed by atoms with van der Waals surface area (Å²) in [6.07, 6.45) is 1.41. The van der Waals surface area contributed by atoms with E-state index in [4.69, 9.17) is 15.2 Å². The molecule has 10 heteroatoms. The summed E-state index contributed by atoms with van der Waals surface area (Å²) in [5, 5.41) is 8.80. The van der Waals surface area contributed by atoms with Crippen LogP contribution in [0.1, 0.15) is 16.1 Å². The van der Waals surface area contributed by atoms with Gasteiger partial charge < -0.3 is 15.2 Å². The summed E-state index contributed by atoms with van der Waals surface area (Å²) in [4.78, 5) is 35.6. The minimum Gasteiger partial charge on any atom is -0.493 e. The second-order valence-corrected chi connectivity index (χ2v) is 6.19. The van der Waals surface area contributed by atoms with Gasteiger partial charge in [-0.15, -0.1) is 0 Å². The molecule has 0 saturated heterocycles. The quantitative estimate of drug-likeness (QED) is 0.432. The number of carbonyl (C=O) groups is 2. The highest BCUT2D eigenvalue weighted by Crippen LogP contribution is 2.27. The minimum atomic E-state index is -0.607. The van der Waals surface area contributed by atoms with Gasteiger partial charge in [0.15, 0.2) is 23.8 Å². The molecule has 3 aromatic rings. The van der Waals surface area contributed by atoms with Crippen LogP contribution in [0.25, 0.3) is 10.8 Å². The van der Waals surface area contributed by atoms with Gasteiger partial charge in [0.2, 0.25) is 0 Å². The second-order valence-electron chi connectivity index (χ2n) is 6.19. The van der Waals surface area contributed by atoms with Crippen molar-refractivity contribution in [2.24, 2.45) is 17.9 Å². The number of nitrogens with zero attached hydrogens (tertiary/aromatic N) is 3. The van der Waals surface area contributed by atoms with Crippen LogP contribution in [0.5, 0.6) is 11.5 Å². The average Bonchev–Trinajstić information content (AvgIpc) is 2.75. The van der Waals surface area contributed by atoms with Gasteiger partial charge >= 0.3 is 0 Å². The Bertz CT molecular complexity index is 1200. The van der Waals surface area contributed by atoms with Gasteiger partial charge in [0.05, 0.1) is 18.7 Å². The van der Waals surface area contributed by atoms with Gasteiger partial charge in [0.1, 0.15) is 0 Å². The van der Waals surface area contributed by atoms with Gasteiger partial charge in [-0.05, 0) is 29.8 Å². The zero-order valence-electron chi connectivity index (χ0n) is 16.3. The molecule has 0 saturated carbocycles. The van der Waals surface area contributed by atoms with Crippen LogP contribution in [0, 0.1) is 0 Å². The molecule has 0 unspecified atom stereocenters. The lowest BCUT2D eigenvalue weighted by Crippen LogP contribution is -2.27. The van der Waals surface area contributed by atoms with Crippen LogP contribution < -0.4 is 26.2 Å². The number of hydrogen-bond donors (Lipinski definition) is 2. The van der Waals surface area contributed by atoms with Crippen molar-refractivity contribution in [1.29, 1.82) is 0 Å². The molecule has 2 amide bonds. The number of nitrogens with one attached hydrogen (secondary N) is 1. The van der Waals surface area contributed by atoms with E-state index in [1.54, 1.807) is 42.5 Å². The number of aryl methyl sites for hydroxylation is 1. The fraction of sp³-hybridized carbons (Fsp3) is 0.150. The Hall–Kier alpha value is -4.21. The highest BCUT2D eigenvalue weighted by molar-refractivity contribution is 6.04. The number of hydrazone groups is 1. The van der Waals surface area contributed by atoms with Crippen molar-refractivity contribution in [3.8, 4) is 11.5 Å². The fourth-order valence-electron chi connectivity index (χ4n) is 2.72. The first-order valence-corrected chi connectivity index (χ1v) is 8.79. The molecule has 2 aromatic carbocycles. The van der Waals surface area contributed by atoms with Crippen LogP contribution in [0.2, 0.25) is 0 Å². The molecule has 154 valence electrons. The number of nitrogens with two attached hydrogens (primary N) is 1. The Balaban J connectivity index is 1.78. The standard InChI is InChI=1S/C20H19N5O5/c1-25-20(28)14-6-4-3-5-13(14)18(24-25)19(27)23-22-10-12-7-8-15(16(9-12)29-2)30-11-17(21)26/h3-10H,11H2,1-2H3,(H2,21,26)(H,23,27)/b22-10-. The first-order chi connectivity index (χ1) is 14.4. The molecule has 1 heterocycles. The number of amides is 2. The van der Waals surface area contributed by atoms with Crippen LogP contribution in [0.15, 0.2) is 52.4 Å². The van der Waals surface area contributed by atoms with E-state index in [1.165, 1.54) is 20.4 Å². The van der Waals surface area contributed by atoms with E-state index in [9.17, 15) is 14.4 Å². The lowest BCUT2D eigenvalue weighted by molar-refractivity contribution is -0.119. The first-order valence-electron chi connectivity index (χ1n) is 8.79. The number of hydrogen-bond acceptors (Lipinski definition) is 7. The summed E-state index contributed by atoms with van der Waals surface area (Å²) in [7, 11) is 2.93. The fourth-order valence-corrected chi connectivity index (χ4v) is 2.72. The zero-order valence-corrected chi connectivity index (χ0v) is 16.3. The first kappa shape index (κ1) is 20.5. The molecule has 0 atom stereocenters. The molecule has 1 aromatic heterocycles. The van der Waals surface area contributed by atoms with E-state index in [1.807, 2.05) is 0 Å². The molecule has 0 aliphatic carbocycles. The Labute approximate surface area is 170 Å². The zero-order chi connectivity index (χ0) is 21.7. The molecule has 0 spiro atoms. The van der Waals surface area contributed by atoms with Crippen molar-refractivity contribution in [2.75, 3.05) is 13.7 Å². The second kappa shape index (κ2) is 8.86. The van der Waals surface area contributed by atoms with Gasteiger partial charge in [0, 0.05) is 12.4 Å². The predicted octanol–water partition coefficient (Wildman–Crippen LogP) is 0.570. The van der Waals surface area contributed by atoms with E-state index >= 15 is 0 Å². The third kappa shape index (κ3) is 4.43. The van der Waals surface area contributed by atoms with Gasteiger partial charge in [0.25, 0.3) is 17.4 Å². The summed E-state index contributed by atoms with van der Waals surface area (Å²) in [5.41, 5.74) is 7.86. The van der Waals surface area contributed by atoms with Crippen molar-refractivity contribution in [2.45, 2.75) is 0 Å². The third-order valence-electron chi connectivity index (χ3n) is 4.11. The van der Waals surface area contributed by atoms with E-state index in [2.05, 4.69) is 15.6 Å². The molecule has 0 bridgehead atoms. The molecule has 0 aliphatic heterocycles. The van der Waals surface area contributed by atoms with Crippen molar-refractivity contribution >= 4 is 28.8 Å². The lowest BCUT2D eigenvalue weighted by atomic mass is 10.1. The van der Waals surface area contributed by atoms with Crippen LogP contribution in [0.4, 0.5) is 0 Å². The maximum atomic E-state index is 12.5. The molecule has 0 radical (unpaired) electrons. The predicted molar refractivity (Wildman–Crippen MR) is 110 cm³/mol. The van der Waals surface area contributed by atoms with E-state index in [0.29, 0.717) is 27.8 Å². The molecule has 0 aliphatic rings. The Morgan fingerprint density at radius 1 is 1.20 bits per heavy atom. The van der Waals surface area contributed by atoms with Gasteiger partial charge in [-0.2, -0.15) is 10.2 Å². The number of methoxy groups -OCH3 is 1. The number of carbonyl (C=O) groups excluding carboxylic acids is 2. The number of ether oxygens (including phenoxy) is 2. The monoisotopic (exact) mass is 409 g/mol. The highest BCUT2D eigenvalue weighted by Gasteiger charge is 2.15. The topological polar surface area (TPSA) is 138 Å². The average molecular weight is 409 g/mol. The summed E-state index contributed by atoms with van der Waals surface area (Å²) in [5.74, 6) is -0.452. The van der Waals surface area contributed by atoms with Crippen LogP contribution >= 0.6 is 0 Å². The van der Waals surface area contributed by atoms with Crippen molar-refractivity contribution in [1.82, 2.24) is 15.2 Å². The summed E-state index contributed by atoms with van der Waals surface area (Å²) >= 11 is 0. The van der Waals surface area contributed by atoms with Crippen LogP contribution in [-0.4, -0.2) is 41.5 Å². The largest absolute Gasteiger partial charge is 0.493 e. The van der Waals surface area contributed by atoms with Crippen LogP contribution in [0.3, 0.4) is 0 Å². The number of aromatic nitrogens is 2. The Morgan fingerprint density at radius 2 is 1.93 bits per heavy atom. The Morgan fingerprint density at radius 3 is 2.63 bits per heavy atom. The van der Waals surface area contributed by atoms with E-state index in [0.717, 1.165) is 4.68 Å².